The van der Waals surface area contributed by atoms with E-state index in [1.165, 1.54) is 12.1 Å². The number of aliphatic hydroxyl groups excluding tert-OH is 3. The van der Waals surface area contributed by atoms with Gasteiger partial charge in [0, 0.05) is 6.54 Å². The van der Waals surface area contributed by atoms with Crippen molar-refractivity contribution in [3.05, 3.63) is 29.8 Å². The summed E-state index contributed by atoms with van der Waals surface area (Å²) in [5, 5.41) is 30.0. The fraction of sp³-hybridized carbons (Fsp3) is 0.500. The normalized spacial score (nSPS) is 12.5. The number of alkyl halides is 3. The number of hydrogen-bond donors (Lipinski definition) is 4. The van der Waals surface area contributed by atoms with E-state index in [2.05, 4.69) is 10.1 Å². The molecule has 0 amide bonds. The first-order valence-electron chi connectivity index (χ1n) is 5.76. The first-order chi connectivity index (χ1) is 9.34. The first-order valence-corrected chi connectivity index (χ1v) is 5.76. The van der Waals surface area contributed by atoms with Crippen molar-refractivity contribution in [2.75, 3.05) is 19.8 Å². The summed E-state index contributed by atoms with van der Waals surface area (Å²) in [6.07, 6.45) is -4.77. The second kappa shape index (κ2) is 6.89. The predicted octanol–water partition coefficient (Wildman–Crippen LogP) is 0.390. The van der Waals surface area contributed by atoms with Crippen LogP contribution < -0.4 is 10.1 Å². The van der Waals surface area contributed by atoms with E-state index in [0.717, 1.165) is 6.07 Å². The molecule has 1 aromatic rings. The van der Waals surface area contributed by atoms with Crippen LogP contribution in [0.25, 0.3) is 0 Å². The Labute approximate surface area is 113 Å². The van der Waals surface area contributed by atoms with Gasteiger partial charge < -0.3 is 25.4 Å². The highest BCUT2D eigenvalue weighted by atomic mass is 19.4. The van der Waals surface area contributed by atoms with Crippen LogP contribution in [0.1, 0.15) is 5.56 Å². The van der Waals surface area contributed by atoms with Crippen molar-refractivity contribution < 1.29 is 33.2 Å². The molecule has 20 heavy (non-hydrogen) atoms. The molecule has 1 rings (SSSR count). The zero-order valence-corrected chi connectivity index (χ0v) is 10.5. The van der Waals surface area contributed by atoms with Crippen LogP contribution in [0.4, 0.5) is 13.2 Å². The van der Waals surface area contributed by atoms with E-state index in [-0.39, 0.29) is 12.3 Å². The van der Waals surface area contributed by atoms with Crippen LogP contribution in [0, 0.1) is 0 Å². The van der Waals surface area contributed by atoms with E-state index in [1.807, 2.05) is 0 Å². The maximum Gasteiger partial charge on any atom is 0.573 e. The molecule has 114 valence electrons. The lowest BCUT2D eigenvalue weighted by atomic mass is 10.0. The topological polar surface area (TPSA) is 82.0 Å². The minimum absolute atomic E-state index is 0.0523. The molecule has 0 saturated heterocycles. The van der Waals surface area contributed by atoms with E-state index >= 15 is 0 Å². The van der Waals surface area contributed by atoms with Gasteiger partial charge in [-0.05, 0) is 17.7 Å². The van der Waals surface area contributed by atoms with E-state index < -0.39 is 31.7 Å². The van der Waals surface area contributed by atoms with Crippen molar-refractivity contribution in [2.45, 2.75) is 18.4 Å². The number of hydrogen-bond acceptors (Lipinski definition) is 5. The van der Waals surface area contributed by atoms with Gasteiger partial charge >= 0.3 is 6.36 Å². The Hall–Kier alpha value is -1.35. The predicted molar refractivity (Wildman–Crippen MR) is 64.0 cm³/mol. The summed E-state index contributed by atoms with van der Waals surface area (Å²) in [4.78, 5) is 0. The molecule has 0 aromatic heterocycles. The Morgan fingerprint density at radius 1 is 1.05 bits per heavy atom. The largest absolute Gasteiger partial charge is 0.573 e. The minimum atomic E-state index is -4.77. The fourth-order valence-corrected chi connectivity index (χ4v) is 1.46. The second-order valence-corrected chi connectivity index (χ2v) is 4.30. The lowest BCUT2D eigenvalue weighted by Crippen LogP contribution is -2.54. The Kier molecular flexibility index (Phi) is 5.75. The molecule has 8 heteroatoms. The summed E-state index contributed by atoms with van der Waals surface area (Å²) in [7, 11) is 0. The molecular formula is C12H16F3NO4. The molecule has 0 saturated carbocycles. The highest BCUT2D eigenvalue weighted by Gasteiger charge is 2.31. The molecule has 1 aromatic carbocycles. The third-order valence-corrected chi connectivity index (χ3v) is 2.71. The van der Waals surface area contributed by atoms with Crippen molar-refractivity contribution in [1.82, 2.24) is 5.32 Å². The van der Waals surface area contributed by atoms with Gasteiger partial charge in [0.1, 0.15) is 5.75 Å². The molecule has 0 aliphatic carbocycles. The van der Waals surface area contributed by atoms with Crippen LogP contribution in [0.2, 0.25) is 0 Å². The molecule has 0 heterocycles. The molecule has 0 unspecified atom stereocenters. The van der Waals surface area contributed by atoms with Crippen LogP contribution in [-0.4, -0.2) is 47.0 Å². The number of nitrogens with one attached hydrogen (secondary N) is 1. The maximum absolute atomic E-state index is 12.1. The third kappa shape index (κ3) is 4.97. The average molecular weight is 295 g/mol. The molecule has 0 aliphatic heterocycles. The fourth-order valence-electron chi connectivity index (χ4n) is 1.46. The zero-order chi connectivity index (χ0) is 15.2. The van der Waals surface area contributed by atoms with Crippen molar-refractivity contribution in [3.63, 3.8) is 0 Å². The van der Waals surface area contributed by atoms with Crippen molar-refractivity contribution in [1.29, 1.82) is 0 Å². The van der Waals surface area contributed by atoms with Gasteiger partial charge in [-0.15, -0.1) is 13.2 Å². The van der Waals surface area contributed by atoms with Gasteiger partial charge in [-0.1, -0.05) is 12.1 Å². The Balaban J connectivity index is 2.71. The maximum atomic E-state index is 12.1. The Bertz CT molecular complexity index is 413. The summed E-state index contributed by atoms with van der Waals surface area (Å²) in [5.41, 5.74) is -0.840. The summed E-state index contributed by atoms with van der Waals surface area (Å²) in [5.74, 6) is -0.362. The number of aliphatic hydroxyl groups is 3. The smallest absolute Gasteiger partial charge is 0.406 e. The van der Waals surface area contributed by atoms with Crippen LogP contribution in [0.5, 0.6) is 5.75 Å². The number of ether oxygens (including phenoxy) is 1. The molecule has 0 aliphatic rings. The first kappa shape index (κ1) is 16.7. The SMILES string of the molecule is OCC(CO)(CO)NCc1cccc(OC(F)(F)F)c1. The lowest BCUT2D eigenvalue weighted by Gasteiger charge is -2.28. The van der Waals surface area contributed by atoms with Crippen molar-refractivity contribution in [3.8, 4) is 5.75 Å². The van der Waals surface area contributed by atoms with Gasteiger partial charge in [0.2, 0.25) is 0 Å². The Morgan fingerprint density at radius 2 is 1.65 bits per heavy atom. The van der Waals surface area contributed by atoms with Gasteiger partial charge in [0.15, 0.2) is 0 Å². The highest BCUT2D eigenvalue weighted by Crippen LogP contribution is 2.23. The number of halogens is 3. The standard InChI is InChI=1S/C12H16F3NO4/c13-12(14,15)20-10-3-1-2-9(4-10)5-16-11(6-17,7-18)8-19/h1-4,16-19H,5-8H2. The molecule has 0 spiro atoms. The van der Waals surface area contributed by atoms with Gasteiger partial charge in [0.25, 0.3) is 0 Å². The molecule has 0 fully saturated rings. The quantitative estimate of drug-likeness (QED) is 0.585. The zero-order valence-electron chi connectivity index (χ0n) is 10.5. The molecular weight excluding hydrogens is 279 g/mol. The Morgan fingerprint density at radius 3 is 2.15 bits per heavy atom. The van der Waals surface area contributed by atoms with Crippen LogP contribution >= 0.6 is 0 Å². The molecule has 0 atom stereocenters. The monoisotopic (exact) mass is 295 g/mol. The van der Waals surface area contributed by atoms with E-state index in [4.69, 9.17) is 15.3 Å². The van der Waals surface area contributed by atoms with Crippen molar-refractivity contribution in [2.24, 2.45) is 0 Å². The molecule has 0 radical (unpaired) electrons. The molecule has 4 N–H and O–H groups in total. The van der Waals surface area contributed by atoms with Gasteiger partial charge in [0.05, 0.1) is 25.4 Å². The lowest BCUT2D eigenvalue weighted by molar-refractivity contribution is -0.274. The average Bonchev–Trinajstić information content (AvgIpc) is 2.39. The van der Waals surface area contributed by atoms with Crippen LogP contribution in [-0.2, 0) is 6.54 Å². The third-order valence-electron chi connectivity index (χ3n) is 2.71. The molecule has 0 bridgehead atoms. The van der Waals surface area contributed by atoms with Crippen molar-refractivity contribution >= 4 is 0 Å². The molecule has 5 nitrogen and oxygen atoms in total. The van der Waals surface area contributed by atoms with Gasteiger partial charge in [-0.3, -0.25) is 0 Å². The van der Waals surface area contributed by atoms with E-state index in [1.54, 1.807) is 6.07 Å². The van der Waals surface area contributed by atoms with Crippen LogP contribution in [0.15, 0.2) is 24.3 Å². The summed E-state index contributed by atoms with van der Waals surface area (Å²) >= 11 is 0. The second-order valence-electron chi connectivity index (χ2n) is 4.30. The van der Waals surface area contributed by atoms with E-state index in [9.17, 15) is 13.2 Å². The van der Waals surface area contributed by atoms with Gasteiger partial charge in [-0.2, -0.15) is 0 Å². The summed E-state index contributed by atoms with van der Waals surface area (Å²) in [6.45, 7) is -1.49. The number of benzene rings is 1. The summed E-state index contributed by atoms with van der Waals surface area (Å²) < 4.78 is 40.0. The van der Waals surface area contributed by atoms with E-state index in [0.29, 0.717) is 5.56 Å². The number of rotatable bonds is 7. The van der Waals surface area contributed by atoms with Crippen LogP contribution in [0.3, 0.4) is 0 Å². The highest BCUT2D eigenvalue weighted by molar-refractivity contribution is 5.28. The summed E-state index contributed by atoms with van der Waals surface area (Å²) in [6, 6.07) is 5.27. The minimum Gasteiger partial charge on any atom is -0.406 e. The van der Waals surface area contributed by atoms with Gasteiger partial charge in [-0.25, -0.2) is 0 Å².